The average Bonchev–Trinajstić information content (AvgIpc) is 2.50. The number of rotatable bonds is 11. The summed E-state index contributed by atoms with van der Waals surface area (Å²) in [6.45, 7) is 9.00. The highest BCUT2D eigenvalue weighted by molar-refractivity contribution is 6.30. The van der Waals surface area contributed by atoms with Gasteiger partial charge in [0.25, 0.3) is 0 Å². The quantitative estimate of drug-likeness (QED) is 0.492. The van der Waals surface area contributed by atoms with E-state index in [1.165, 1.54) is 44.1 Å². The highest BCUT2D eigenvalue weighted by Crippen LogP contribution is 2.29. The molecule has 0 bridgehead atoms. The third-order valence-corrected chi connectivity index (χ3v) is 4.53. The van der Waals surface area contributed by atoms with E-state index < -0.39 is 0 Å². The van der Waals surface area contributed by atoms with Crippen molar-refractivity contribution < 1.29 is 0 Å². The Labute approximate surface area is 136 Å². The largest absolute Gasteiger partial charge is 0.316 e. The zero-order chi connectivity index (χ0) is 15.5. The maximum absolute atomic E-state index is 6.18. The number of benzene rings is 1. The zero-order valence-corrected chi connectivity index (χ0v) is 14.8. The SMILES string of the molecule is CCCCC(CC)CC(CNCCC)c1cccc(Cl)c1. The lowest BCUT2D eigenvalue weighted by atomic mass is 9.85. The van der Waals surface area contributed by atoms with Crippen LogP contribution in [0.4, 0.5) is 0 Å². The molecule has 0 aliphatic rings. The van der Waals surface area contributed by atoms with E-state index in [2.05, 4.69) is 44.3 Å². The van der Waals surface area contributed by atoms with Crippen LogP contribution in [0, 0.1) is 5.92 Å². The topological polar surface area (TPSA) is 12.0 Å². The highest BCUT2D eigenvalue weighted by atomic mass is 35.5. The van der Waals surface area contributed by atoms with Crippen molar-refractivity contribution in [2.75, 3.05) is 13.1 Å². The number of hydrogen-bond acceptors (Lipinski definition) is 1. The lowest BCUT2D eigenvalue weighted by molar-refractivity contribution is 0.376. The van der Waals surface area contributed by atoms with Gasteiger partial charge in [0.15, 0.2) is 0 Å². The molecule has 1 nitrogen and oxygen atoms in total. The standard InChI is InChI=1S/C19H32ClN/c1-4-7-9-16(6-3)13-18(15-21-12-5-2)17-10-8-11-19(20)14-17/h8,10-11,14,16,18,21H,4-7,9,12-13,15H2,1-3H3. The molecule has 2 atom stereocenters. The Kier molecular flexibility index (Phi) is 9.78. The van der Waals surface area contributed by atoms with E-state index in [9.17, 15) is 0 Å². The van der Waals surface area contributed by atoms with Crippen LogP contribution in [0.3, 0.4) is 0 Å². The molecular weight excluding hydrogens is 278 g/mol. The number of hydrogen-bond donors (Lipinski definition) is 1. The van der Waals surface area contributed by atoms with E-state index >= 15 is 0 Å². The fraction of sp³-hybridized carbons (Fsp3) is 0.684. The molecule has 0 aliphatic carbocycles. The molecule has 120 valence electrons. The monoisotopic (exact) mass is 309 g/mol. The molecule has 1 N–H and O–H groups in total. The lowest BCUT2D eigenvalue weighted by Crippen LogP contribution is -2.24. The van der Waals surface area contributed by atoms with E-state index in [1.807, 2.05) is 6.07 Å². The molecule has 0 heterocycles. The van der Waals surface area contributed by atoms with Crippen molar-refractivity contribution in [3.05, 3.63) is 34.9 Å². The second-order valence-corrected chi connectivity index (χ2v) is 6.54. The molecule has 0 aromatic heterocycles. The molecule has 0 fully saturated rings. The summed E-state index contributed by atoms with van der Waals surface area (Å²) in [6, 6.07) is 8.43. The van der Waals surface area contributed by atoms with Crippen LogP contribution in [0.1, 0.15) is 70.8 Å². The van der Waals surface area contributed by atoms with Crippen LogP contribution in [-0.2, 0) is 0 Å². The maximum atomic E-state index is 6.18. The predicted octanol–water partition coefficient (Wildman–Crippen LogP) is 6.03. The second-order valence-electron chi connectivity index (χ2n) is 6.11. The van der Waals surface area contributed by atoms with Crippen molar-refractivity contribution in [3.63, 3.8) is 0 Å². The molecular formula is C19H32ClN. The van der Waals surface area contributed by atoms with E-state index in [4.69, 9.17) is 11.6 Å². The van der Waals surface area contributed by atoms with Gasteiger partial charge in [0.05, 0.1) is 0 Å². The number of halogens is 1. The number of unbranched alkanes of at least 4 members (excludes halogenated alkanes) is 1. The van der Waals surface area contributed by atoms with Gasteiger partial charge in [-0.25, -0.2) is 0 Å². The van der Waals surface area contributed by atoms with Crippen molar-refractivity contribution >= 4 is 11.6 Å². The van der Waals surface area contributed by atoms with Crippen molar-refractivity contribution in [1.82, 2.24) is 5.32 Å². The van der Waals surface area contributed by atoms with E-state index in [1.54, 1.807) is 0 Å². The minimum atomic E-state index is 0.581. The number of nitrogens with one attached hydrogen (secondary N) is 1. The molecule has 1 rings (SSSR count). The Morgan fingerprint density at radius 2 is 1.95 bits per heavy atom. The van der Waals surface area contributed by atoms with Gasteiger partial charge in [-0.3, -0.25) is 0 Å². The second kappa shape index (κ2) is 11.1. The van der Waals surface area contributed by atoms with Crippen molar-refractivity contribution in [3.8, 4) is 0 Å². The van der Waals surface area contributed by atoms with Crippen LogP contribution in [0.15, 0.2) is 24.3 Å². The Balaban J connectivity index is 2.71. The van der Waals surface area contributed by atoms with Crippen molar-refractivity contribution in [2.45, 2.75) is 65.2 Å². The van der Waals surface area contributed by atoms with Gasteiger partial charge in [0.2, 0.25) is 0 Å². The average molecular weight is 310 g/mol. The van der Waals surface area contributed by atoms with Crippen LogP contribution < -0.4 is 5.32 Å². The lowest BCUT2D eigenvalue weighted by Gasteiger charge is -2.24. The Morgan fingerprint density at radius 3 is 2.57 bits per heavy atom. The van der Waals surface area contributed by atoms with E-state index in [0.717, 1.165) is 24.0 Å². The fourth-order valence-corrected chi connectivity index (χ4v) is 3.13. The van der Waals surface area contributed by atoms with Gasteiger partial charge in [0, 0.05) is 11.6 Å². The van der Waals surface area contributed by atoms with Gasteiger partial charge >= 0.3 is 0 Å². The van der Waals surface area contributed by atoms with Gasteiger partial charge in [-0.15, -0.1) is 0 Å². The molecule has 0 amide bonds. The molecule has 0 radical (unpaired) electrons. The van der Waals surface area contributed by atoms with Crippen LogP contribution in [-0.4, -0.2) is 13.1 Å². The van der Waals surface area contributed by atoms with E-state index in [0.29, 0.717) is 5.92 Å². The Morgan fingerprint density at radius 1 is 1.14 bits per heavy atom. The summed E-state index contributed by atoms with van der Waals surface area (Å²) < 4.78 is 0. The summed E-state index contributed by atoms with van der Waals surface area (Å²) in [5.74, 6) is 1.41. The molecule has 0 aliphatic heterocycles. The van der Waals surface area contributed by atoms with Gasteiger partial charge in [0.1, 0.15) is 0 Å². The molecule has 2 unspecified atom stereocenters. The van der Waals surface area contributed by atoms with Crippen LogP contribution in [0.2, 0.25) is 5.02 Å². The molecule has 1 aromatic carbocycles. The molecule has 0 saturated carbocycles. The maximum Gasteiger partial charge on any atom is 0.0408 e. The van der Waals surface area contributed by atoms with Crippen molar-refractivity contribution in [1.29, 1.82) is 0 Å². The third-order valence-electron chi connectivity index (χ3n) is 4.30. The summed E-state index contributed by atoms with van der Waals surface area (Å²) in [6.07, 6.45) is 7.75. The molecule has 2 heteroatoms. The Bertz CT molecular complexity index is 378. The third kappa shape index (κ3) is 7.33. The van der Waals surface area contributed by atoms with Crippen LogP contribution in [0.25, 0.3) is 0 Å². The van der Waals surface area contributed by atoms with Crippen molar-refractivity contribution in [2.24, 2.45) is 5.92 Å². The first kappa shape index (κ1) is 18.5. The fourth-order valence-electron chi connectivity index (χ4n) is 2.93. The van der Waals surface area contributed by atoms with Gasteiger partial charge in [-0.1, -0.05) is 70.2 Å². The summed E-state index contributed by atoms with van der Waals surface area (Å²) in [4.78, 5) is 0. The summed E-state index contributed by atoms with van der Waals surface area (Å²) in [5, 5.41) is 4.45. The van der Waals surface area contributed by atoms with Crippen LogP contribution >= 0.6 is 11.6 Å². The zero-order valence-electron chi connectivity index (χ0n) is 14.0. The van der Waals surface area contributed by atoms with E-state index in [-0.39, 0.29) is 0 Å². The highest BCUT2D eigenvalue weighted by Gasteiger charge is 2.17. The normalized spacial score (nSPS) is 14.1. The smallest absolute Gasteiger partial charge is 0.0408 e. The summed E-state index contributed by atoms with van der Waals surface area (Å²) in [7, 11) is 0. The Hall–Kier alpha value is -0.530. The first-order chi connectivity index (χ1) is 10.2. The first-order valence-corrected chi connectivity index (χ1v) is 9.05. The molecule has 0 saturated heterocycles. The predicted molar refractivity (Wildman–Crippen MR) is 95.3 cm³/mol. The van der Waals surface area contributed by atoms with Crippen LogP contribution in [0.5, 0.6) is 0 Å². The molecule has 0 spiro atoms. The minimum Gasteiger partial charge on any atom is -0.316 e. The van der Waals surface area contributed by atoms with Gasteiger partial charge < -0.3 is 5.32 Å². The van der Waals surface area contributed by atoms with Gasteiger partial charge in [-0.2, -0.15) is 0 Å². The summed E-state index contributed by atoms with van der Waals surface area (Å²) in [5.41, 5.74) is 1.39. The molecule has 1 aromatic rings. The van der Waals surface area contributed by atoms with Gasteiger partial charge in [-0.05, 0) is 48.9 Å². The minimum absolute atomic E-state index is 0.581. The molecule has 21 heavy (non-hydrogen) atoms. The summed E-state index contributed by atoms with van der Waals surface area (Å²) >= 11 is 6.18. The first-order valence-electron chi connectivity index (χ1n) is 8.67.